The number of rotatable bonds is 4. The van der Waals surface area contributed by atoms with E-state index in [2.05, 4.69) is 9.99 Å². The maximum atomic E-state index is 10.7. The van der Waals surface area contributed by atoms with Gasteiger partial charge in [-0.25, -0.2) is 4.79 Å². The minimum atomic E-state index is -1.06. The van der Waals surface area contributed by atoms with Crippen molar-refractivity contribution in [1.82, 2.24) is 0 Å². The third-order valence-electron chi connectivity index (χ3n) is 2.61. The van der Waals surface area contributed by atoms with Gasteiger partial charge in [-0.15, -0.1) is 0 Å². The fraction of sp³-hybridized carbons (Fsp3) is 0. The van der Waals surface area contributed by atoms with Crippen molar-refractivity contribution in [3.63, 3.8) is 0 Å². The highest BCUT2D eigenvalue weighted by Gasteiger charge is 2.11. The lowest BCUT2D eigenvalue weighted by Gasteiger charge is -2.05. The summed E-state index contributed by atoms with van der Waals surface area (Å²) in [4.78, 5) is 25.3. The molecule has 0 unspecified atom stereocenters. The van der Waals surface area contributed by atoms with Crippen LogP contribution in [0.3, 0.4) is 0 Å². The Hall–Kier alpha value is -2.73. The van der Waals surface area contributed by atoms with E-state index in [0.29, 0.717) is 16.8 Å². The van der Waals surface area contributed by atoms with Crippen LogP contribution in [0.4, 0.5) is 10.5 Å². The second kappa shape index (κ2) is 6.62. The minimum absolute atomic E-state index is 0.0412. The number of carbonyl (C=O) groups is 1. The van der Waals surface area contributed by atoms with Crippen molar-refractivity contribution in [1.29, 1.82) is 0 Å². The first kappa shape index (κ1) is 14.7. The number of non-ortho nitro benzene ring substituents is 1. The van der Waals surface area contributed by atoms with Gasteiger partial charge < -0.3 is 4.84 Å². The Bertz CT molecular complexity index is 684. The summed E-state index contributed by atoms with van der Waals surface area (Å²) in [6, 6.07) is 14.7. The molecule has 2 rings (SSSR count). The number of nitrogens with zero attached hydrogens (tertiary/aromatic N) is 2. The Kier molecular flexibility index (Phi) is 4.63. The van der Waals surface area contributed by atoms with E-state index in [4.69, 9.17) is 11.6 Å². The van der Waals surface area contributed by atoms with Gasteiger partial charge in [0.2, 0.25) is 0 Å². The van der Waals surface area contributed by atoms with E-state index in [0.717, 1.165) is 0 Å². The molecule has 0 aliphatic heterocycles. The quantitative estimate of drug-likeness (QED) is 0.283. The summed E-state index contributed by atoms with van der Waals surface area (Å²) in [6.45, 7) is 0. The SMILES string of the molecule is O=C(Cl)ON=C(c1ccccc1)c1ccc([N+](=O)[O-])cc1. The van der Waals surface area contributed by atoms with Crippen LogP contribution in [-0.4, -0.2) is 16.1 Å². The first-order chi connectivity index (χ1) is 10.1. The average molecular weight is 305 g/mol. The summed E-state index contributed by atoms with van der Waals surface area (Å²) >= 11 is 5.11. The van der Waals surface area contributed by atoms with Gasteiger partial charge in [0, 0.05) is 34.9 Å². The number of benzene rings is 2. The molecule has 0 fully saturated rings. The maximum absolute atomic E-state index is 10.7. The van der Waals surface area contributed by atoms with Crippen LogP contribution in [-0.2, 0) is 4.84 Å². The van der Waals surface area contributed by atoms with Gasteiger partial charge in [0.05, 0.1) is 4.92 Å². The zero-order chi connectivity index (χ0) is 15.2. The standard InChI is InChI=1S/C14H9ClN2O4/c15-14(18)21-16-13(10-4-2-1-3-5-10)11-6-8-12(9-7-11)17(19)20/h1-9H. The molecule has 0 radical (unpaired) electrons. The summed E-state index contributed by atoms with van der Waals surface area (Å²) in [5.74, 6) is 0. The Morgan fingerprint density at radius 2 is 1.62 bits per heavy atom. The van der Waals surface area contributed by atoms with Gasteiger partial charge in [0.15, 0.2) is 0 Å². The Labute approximate surface area is 124 Å². The van der Waals surface area contributed by atoms with Gasteiger partial charge in [0.1, 0.15) is 5.71 Å². The summed E-state index contributed by atoms with van der Waals surface area (Å²) < 4.78 is 0. The lowest BCUT2D eigenvalue weighted by atomic mass is 10.0. The molecule has 0 spiro atoms. The second-order valence-electron chi connectivity index (χ2n) is 3.94. The number of halogens is 1. The highest BCUT2D eigenvalue weighted by Crippen LogP contribution is 2.16. The molecular formula is C14H9ClN2O4. The molecule has 0 atom stereocenters. The Balaban J connectivity index is 2.42. The van der Waals surface area contributed by atoms with Gasteiger partial charge in [-0.3, -0.25) is 10.1 Å². The van der Waals surface area contributed by atoms with Crippen molar-refractivity contribution < 1.29 is 14.6 Å². The fourth-order valence-electron chi connectivity index (χ4n) is 1.69. The number of nitro benzene ring substituents is 1. The molecule has 0 aromatic heterocycles. The number of oxime groups is 1. The summed E-state index contributed by atoms with van der Waals surface area (Å²) in [7, 11) is 0. The minimum Gasteiger partial charge on any atom is -0.302 e. The third kappa shape index (κ3) is 3.87. The third-order valence-corrected chi connectivity index (χ3v) is 2.68. The van der Waals surface area contributed by atoms with Crippen LogP contribution in [0.5, 0.6) is 0 Å². The first-order valence-electron chi connectivity index (χ1n) is 5.82. The van der Waals surface area contributed by atoms with Gasteiger partial charge in [0.25, 0.3) is 5.69 Å². The average Bonchev–Trinajstić information content (AvgIpc) is 2.49. The zero-order valence-electron chi connectivity index (χ0n) is 10.6. The van der Waals surface area contributed by atoms with Crippen molar-refractivity contribution in [2.75, 3.05) is 0 Å². The Morgan fingerprint density at radius 1 is 1.05 bits per heavy atom. The van der Waals surface area contributed by atoms with Crippen LogP contribution in [0.1, 0.15) is 11.1 Å². The van der Waals surface area contributed by atoms with E-state index < -0.39 is 10.4 Å². The molecule has 0 saturated heterocycles. The van der Waals surface area contributed by atoms with E-state index in [-0.39, 0.29) is 5.69 Å². The second-order valence-corrected chi connectivity index (χ2v) is 4.25. The molecule has 21 heavy (non-hydrogen) atoms. The van der Waals surface area contributed by atoms with Crippen molar-refractivity contribution in [2.24, 2.45) is 5.16 Å². The van der Waals surface area contributed by atoms with Gasteiger partial charge in [-0.1, -0.05) is 35.5 Å². The highest BCUT2D eigenvalue weighted by molar-refractivity contribution is 6.61. The molecule has 0 saturated carbocycles. The maximum Gasteiger partial charge on any atom is 0.429 e. The molecule has 106 valence electrons. The van der Waals surface area contributed by atoms with Gasteiger partial charge >= 0.3 is 5.43 Å². The summed E-state index contributed by atoms with van der Waals surface area (Å²) in [6.07, 6.45) is 0. The smallest absolute Gasteiger partial charge is 0.302 e. The number of hydrogen-bond donors (Lipinski definition) is 0. The topological polar surface area (TPSA) is 81.8 Å². The first-order valence-corrected chi connectivity index (χ1v) is 6.20. The predicted molar refractivity (Wildman–Crippen MR) is 77.5 cm³/mol. The molecular weight excluding hydrogens is 296 g/mol. The molecule has 0 aliphatic rings. The highest BCUT2D eigenvalue weighted by atomic mass is 35.5. The molecule has 0 N–H and O–H groups in total. The van der Waals surface area contributed by atoms with E-state index >= 15 is 0 Å². The van der Waals surface area contributed by atoms with Gasteiger partial charge in [-0.05, 0) is 12.1 Å². The molecule has 7 heteroatoms. The van der Waals surface area contributed by atoms with E-state index in [1.54, 1.807) is 24.3 Å². The van der Waals surface area contributed by atoms with E-state index in [9.17, 15) is 14.9 Å². The number of nitro groups is 1. The lowest BCUT2D eigenvalue weighted by molar-refractivity contribution is -0.384. The largest absolute Gasteiger partial charge is 0.429 e. The fourth-order valence-corrected chi connectivity index (χ4v) is 1.73. The van der Waals surface area contributed by atoms with Crippen molar-refractivity contribution in [3.05, 3.63) is 75.8 Å². The molecule has 0 amide bonds. The molecule has 2 aromatic rings. The Morgan fingerprint density at radius 3 is 2.14 bits per heavy atom. The summed E-state index contributed by atoms with van der Waals surface area (Å²) in [5, 5.41) is 14.4. The van der Waals surface area contributed by atoms with E-state index in [1.807, 2.05) is 6.07 Å². The van der Waals surface area contributed by atoms with Crippen LogP contribution in [0.15, 0.2) is 59.8 Å². The van der Waals surface area contributed by atoms with Crippen molar-refractivity contribution in [3.8, 4) is 0 Å². The molecule has 0 bridgehead atoms. The monoisotopic (exact) mass is 304 g/mol. The van der Waals surface area contributed by atoms with Crippen molar-refractivity contribution >= 4 is 28.4 Å². The predicted octanol–water partition coefficient (Wildman–Crippen LogP) is 3.72. The van der Waals surface area contributed by atoms with Crippen LogP contribution in [0.25, 0.3) is 0 Å². The van der Waals surface area contributed by atoms with Crippen LogP contribution in [0, 0.1) is 10.1 Å². The molecule has 2 aromatic carbocycles. The van der Waals surface area contributed by atoms with Crippen LogP contribution >= 0.6 is 11.6 Å². The normalized spacial score (nSPS) is 11.0. The molecule has 6 nitrogen and oxygen atoms in total. The van der Waals surface area contributed by atoms with Crippen molar-refractivity contribution in [2.45, 2.75) is 0 Å². The number of hydrogen-bond acceptors (Lipinski definition) is 5. The number of carbonyl (C=O) groups excluding carboxylic acids is 1. The molecule has 0 aliphatic carbocycles. The zero-order valence-corrected chi connectivity index (χ0v) is 11.4. The van der Waals surface area contributed by atoms with Gasteiger partial charge in [-0.2, -0.15) is 0 Å². The summed E-state index contributed by atoms with van der Waals surface area (Å²) in [5.41, 5.74) is 0.485. The molecule has 0 heterocycles. The van der Waals surface area contributed by atoms with Crippen LogP contribution < -0.4 is 0 Å². The lowest BCUT2D eigenvalue weighted by Crippen LogP contribution is -2.05. The van der Waals surface area contributed by atoms with E-state index in [1.165, 1.54) is 24.3 Å². The van der Waals surface area contributed by atoms with Crippen LogP contribution in [0.2, 0.25) is 0 Å².